The Bertz CT molecular complexity index is 710. The third-order valence-electron chi connectivity index (χ3n) is 3.94. The van der Waals surface area contributed by atoms with Gasteiger partial charge < -0.3 is 15.4 Å². The summed E-state index contributed by atoms with van der Waals surface area (Å²) in [5.41, 5.74) is 4.67. The molecule has 3 rings (SSSR count). The lowest BCUT2D eigenvalue weighted by molar-refractivity contribution is 0.102. The van der Waals surface area contributed by atoms with Crippen LogP contribution in [-0.2, 0) is 6.42 Å². The minimum atomic E-state index is -0.0931. The number of rotatable bonds is 3. The van der Waals surface area contributed by atoms with Crippen molar-refractivity contribution < 1.29 is 9.53 Å². The zero-order valence-corrected chi connectivity index (χ0v) is 12.9. The van der Waals surface area contributed by atoms with Crippen molar-refractivity contribution in [1.29, 1.82) is 0 Å². The maximum atomic E-state index is 12.7. The molecule has 0 spiro atoms. The monoisotopic (exact) mass is 296 g/mol. The van der Waals surface area contributed by atoms with Gasteiger partial charge >= 0.3 is 0 Å². The van der Waals surface area contributed by atoms with E-state index in [2.05, 4.69) is 10.6 Å². The number of carbonyl (C=O) groups excluding carboxylic acids is 1. The van der Waals surface area contributed by atoms with Gasteiger partial charge in [-0.3, -0.25) is 4.79 Å². The highest BCUT2D eigenvalue weighted by Crippen LogP contribution is 2.29. The molecule has 1 amide bonds. The second-order valence-corrected chi connectivity index (χ2v) is 5.52. The van der Waals surface area contributed by atoms with Gasteiger partial charge in [0.2, 0.25) is 0 Å². The van der Waals surface area contributed by atoms with E-state index in [0.29, 0.717) is 11.4 Å². The van der Waals surface area contributed by atoms with Crippen molar-refractivity contribution in [3.8, 4) is 5.75 Å². The van der Waals surface area contributed by atoms with E-state index in [0.717, 1.165) is 41.8 Å². The number of methoxy groups -OCH3 is 1. The van der Waals surface area contributed by atoms with E-state index in [1.807, 2.05) is 43.3 Å². The molecule has 0 unspecified atom stereocenters. The summed E-state index contributed by atoms with van der Waals surface area (Å²) in [5, 5.41) is 6.33. The maximum Gasteiger partial charge on any atom is 0.256 e. The summed E-state index contributed by atoms with van der Waals surface area (Å²) in [5.74, 6) is 0.575. The second kappa shape index (κ2) is 6.10. The summed E-state index contributed by atoms with van der Waals surface area (Å²) in [6.45, 7) is 2.95. The molecule has 0 bridgehead atoms. The van der Waals surface area contributed by atoms with Gasteiger partial charge in [0.25, 0.3) is 5.91 Å². The first-order valence-corrected chi connectivity index (χ1v) is 7.51. The van der Waals surface area contributed by atoms with Crippen LogP contribution in [0.15, 0.2) is 36.4 Å². The average molecular weight is 296 g/mol. The molecular weight excluding hydrogens is 276 g/mol. The van der Waals surface area contributed by atoms with Gasteiger partial charge in [-0.2, -0.15) is 0 Å². The molecule has 1 heterocycles. The van der Waals surface area contributed by atoms with E-state index in [1.54, 1.807) is 7.11 Å². The van der Waals surface area contributed by atoms with Crippen molar-refractivity contribution in [2.75, 3.05) is 24.3 Å². The molecule has 4 nitrogen and oxygen atoms in total. The molecule has 2 N–H and O–H groups in total. The summed E-state index contributed by atoms with van der Waals surface area (Å²) >= 11 is 0. The van der Waals surface area contributed by atoms with Crippen molar-refractivity contribution in [3.63, 3.8) is 0 Å². The van der Waals surface area contributed by atoms with Crippen LogP contribution in [0.1, 0.15) is 27.9 Å². The fraction of sp³-hybridized carbons (Fsp3) is 0.278. The Labute approximate surface area is 130 Å². The molecule has 1 aliphatic rings. The topological polar surface area (TPSA) is 50.4 Å². The van der Waals surface area contributed by atoms with Crippen molar-refractivity contribution in [3.05, 3.63) is 53.1 Å². The van der Waals surface area contributed by atoms with Crippen molar-refractivity contribution >= 4 is 17.3 Å². The third kappa shape index (κ3) is 2.77. The predicted octanol–water partition coefficient (Wildman–Crippen LogP) is 3.61. The number of fused-ring (bicyclic) bond motifs is 1. The van der Waals surface area contributed by atoms with E-state index in [4.69, 9.17) is 4.74 Å². The minimum Gasteiger partial charge on any atom is -0.495 e. The number of hydrogen-bond acceptors (Lipinski definition) is 3. The third-order valence-corrected chi connectivity index (χ3v) is 3.94. The van der Waals surface area contributed by atoms with Crippen LogP contribution < -0.4 is 15.4 Å². The minimum absolute atomic E-state index is 0.0931. The van der Waals surface area contributed by atoms with Gasteiger partial charge in [0.1, 0.15) is 5.75 Å². The van der Waals surface area contributed by atoms with Gasteiger partial charge in [0, 0.05) is 17.8 Å². The highest BCUT2D eigenvalue weighted by atomic mass is 16.5. The maximum absolute atomic E-state index is 12.7. The van der Waals surface area contributed by atoms with Crippen LogP contribution in [0, 0.1) is 6.92 Å². The number of aryl methyl sites for hydroxylation is 1. The SMILES string of the molecule is COc1ccc(C)cc1NC(=O)c1cccc2c1CCCN2. The van der Waals surface area contributed by atoms with Gasteiger partial charge in [0.05, 0.1) is 12.8 Å². The molecule has 0 aliphatic carbocycles. The summed E-state index contributed by atoms with van der Waals surface area (Å²) in [7, 11) is 1.61. The Morgan fingerprint density at radius 3 is 2.95 bits per heavy atom. The Kier molecular flexibility index (Phi) is 4.00. The van der Waals surface area contributed by atoms with Crippen molar-refractivity contribution in [2.24, 2.45) is 0 Å². The summed E-state index contributed by atoms with van der Waals surface area (Å²) in [6.07, 6.45) is 1.97. The highest BCUT2D eigenvalue weighted by Gasteiger charge is 2.18. The number of nitrogens with one attached hydrogen (secondary N) is 2. The van der Waals surface area contributed by atoms with Gasteiger partial charge in [0.15, 0.2) is 0 Å². The Morgan fingerprint density at radius 1 is 1.27 bits per heavy atom. The summed E-state index contributed by atoms with van der Waals surface area (Å²) in [6, 6.07) is 11.6. The number of amides is 1. The van der Waals surface area contributed by atoms with E-state index in [1.165, 1.54) is 0 Å². The molecule has 0 aromatic heterocycles. The predicted molar refractivity (Wildman–Crippen MR) is 88.9 cm³/mol. The summed E-state index contributed by atoms with van der Waals surface area (Å²) in [4.78, 5) is 12.7. The first-order chi connectivity index (χ1) is 10.7. The molecule has 0 saturated carbocycles. The van der Waals surface area contributed by atoms with Gasteiger partial charge in [-0.25, -0.2) is 0 Å². The molecule has 114 valence electrons. The van der Waals surface area contributed by atoms with Gasteiger partial charge in [-0.05, 0) is 55.2 Å². The van der Waals surface area contributed by atoms with Crippen molar-refractivity contribution in [2.45, 2.75) is 19.8 Å². The fourth-order valence-electron chi connectivity index (χ4n) is 2.83. The quantitative estimate of drug-likeness (QED) is 0.909. The first kappa shape index (κ1) is 14.4. The zero-order chi connectivity index (χ0) is 15.5. The lowest BCUT2D eigenvalue weighted by Gasteiger charge is -2.21. The number of benzene rings is 2. The first-order valence-electron chi connectivity index (χ1n) is 7.51. The molecule has 0 fully saturated rings. The average Bonchev–Trinajstić information content (AvgIpc) is 2.54. The Hall–Kier alpha value is -2.49. The van der Waals surface area contributed by atoms with Crippen LogP contribution in [0.3, 0.4) is 0 Å². The van der Waals surface area contributed by atoms with Gasteiger partial charge in [-0.1, -0.05) is 12.1 Å². The van der Waals surface area contributed by atoms with Crippen LogP contribution in [0.25, 0.3) is 0 Å². The van der Waals surface area contributed by atoms with Crippen LogP contribution in [-0.4, -0.2) is 19.6 Å². The number of ether oxygens (including phenoxy) is 1. The van der Waals surface area contributed by atoms with E-state index < -0.39 is 0 Å². The smallest absolute Gasteiger partial charge is 0.256 e. The number of anilines is 2. The molecular formula is C18H20N2O2. The molecule has 0 radical (unpaired) electrons. The standard InChI is InChI=1S/C18H20N2O2/c1-12-8-9-17(22-2)16(11-12)20-18(21)14-5-3-7-15-13(14)6-4-10-19-15/h3,5,7-9,11,19H,4,6,10H2,1-2H3,(H,20,21). The highest BCUT2D eigenvalue weighted by molar-refractivity contribution is 6.07. The molecule has 22 heavy (non-hydrogen) atoms. The molecule has 2 aromatic carbocycles. The van der Waals surface area contributed by atoms with E-state index >= 15 is 0 Å². The lowest BCUT2D eigenvalue weighted by atomic mass is 9.97. The molecule has 2 aromatic rings. The molecule has 1 aliphatic heterocycles. The molecule has 0 atom stereocenters. The second-order valence-electron chi connectivity index (χ2n) is 5.52. The van der Waals surface area contributed by atoms with Crippen LogP contribution in [0.2, 0.25) is 0 Å². The lowest BCUT2D eigenvalue weighted by Crippen LogP contribution is -2.19. The fourth-order valence-corrected chi connectivity index (χ4v) is 2.83. The van der Waals surface area contributed by atoms with Gasteiger partial charge in [-0.15, -0.1) is 0 Å². The van der Waals surface area contributed by atoms with Crippen molar-refractivity contribution in [1.82, 2.24) is 0 Å². The van der Waals surface area contributed by atoms with E-state index in [-0.39, 0.29) is 5.91 Å². The largest absolute Gasteiger partial charge is 0.495 e. The normalized spacial score (nSPS) is 13.0. The van der Waals surface area contributed by atoms with Crippen LogP contribution in [0.4, 0.5) is 11.4 Å². The number of carbonyl (C=O) groups is 1. The van der Waals surface area contributed by atoms with E-state index in [9.17, 15) is 4.79 Å². The molecule has 0 saturated heterocycles. The van der Waals surface area contributed by atoms with Crippen LogP contribution in [0.5, 0.6) is 5.75 Å². The Morgan fingerprint density at radius 2 is 2.14 bits per heavy atom. The Balaban J connectivity index is 1.91. The number of hydrogen-bond donors (Lipinski definition) is 2. The molecule has 4 heteroatoms. The summed E-state index contributed by atoms with van der Waals surface area (Å²) < 4.78 is 5.32. The zero-order valence-electron chi connectivity index (χ0n) is 12.9. The van der Waals surface area contributed by atoms with Crippen LogP contribution >= 0.6 is 0 Å².